The number of hydrogen-bond acceptors (Lipinski definition) is 3. The van der Waals surface area contributed by atoms with Crippen LogP contribution in [0.15, 0.2) is 12.4 Å². The Hall–Kier alpha value is -0.870. The molecule has 0 bridgehead atoms. The number of ether oxygens (including phenoxy) is 1. The van der Waals surface area contributed by atoms with Crippen LogP contribution in [-0.4, -0.2) is 29.7 Å². The summed E-state index contributed by atoms with van der Waals surface area (Å²) >= 11 is 0. The quantitative estimate of drug-likeness (QED) is 0.600. The monoisotopic (exact) mass is 153 g/mol. The van der Waals surface area contributed by atoms with Crippen LogP contribution in [-0.2, 0) is 4.74 Å². The van der Waals surface area contributed by atoms with E-state index >= 15 is 0 Å². The average Bonchev–Trinajstić information content (AvgIpc) is 2.58. The maximum Gasteiger partial charge on any atom is 0.136 e. The van der Waals surface area contributed by atoms with E-state index in [1.54, 1.807) is 6.20 Å². The van der Waals surface area contributed by atoms with Gasteiger partial charge in [0, 0.05) is 25.5 Å². The zero-order chi connectivity index (χ0) is 7.52. The number of aromatic amines is 1. The second-order valence-electron chi connectivity index (χ2n) is 2.54. The van der Waals surface area contributed by atoms with Crippen LogP contribution in [0.4, 0.5) is 0 Å². The van der Waals surface area contributed by atoms with Gasteiger partial charge in [-0.2, -0.15) is 0 Å². The summed E-state index contributed by atoms with van der Waals surface area (Å²) in [5.74, 6) is 0.914. The molecule has 2 heterocycles. The summed E-state index contributed by atoms with van der Waals surface area (Å²) in [4.78, 5) is 7.15. The second kappa shape index (κ2) is 3.02. The lowest BCUT2D eigenvalue weighted by molar-refractivity contribution is 0.0226. The van der Waals surface area contributed by atoms with Crippen LogP contribution >= 0.6 is 0 Å². The fraction of sp³-hybridized carbons (Fsp3) is 0.571. The second-order valence-corrected chi connectivity index (χ2v) is 2.54. The standard InChI is InChI=1S/C7H11N3O/c1-2-10-7(9-1)6-5-8-3-4-11-6/h1-2,6,8H,3-5H2,(H,9,10)/t6-/m0/s1. The molecule has 1 aliphatic heterocycles. The van der Waals surface area contributed by atoms with Crippen molar-refractivity contribution in [2.24, 2.45) is 0 Å². The van der Waals surface area contributed by atoms with Gasteiger partial charge in [-0.05, 0) is 0 Å². The third-order valence-electron chi connectivity index (χ3n) is 1.75. The Kier molecular flexibility index (Phi) is 1.87. The molecule has 1 aromatic heterocycles. The van der Waals surface area contributed by atoms with E-state index in [0.717, 1.165) is 25.5 Å². The Bertz CT molecular complexity index is 203. The largest absolute Gasteiger partial charge is 0.368 e. The summed E-state index contributed by atoms with van der Waals surface area (Å²) < 4.78 is 5.47. The molecule has 1 aliphatic rings. The van der Waals surface area contributed by atoms with E-state index in [9.17, 15) is 0 Å². The lowest BCUT2D eigenvalue weighted by Crippen LogP contribution is -2.33. The molecular formula is C7H11N3O. The van der Waals surface area contributed by atoms with Crippen LogP contribution in [0.2, 0.25) is 0 Å². The normalized spacial score (nSPS) is 25.3. The Morgan fingerprint density at radius 1 is 1.64 bits per heavy atom. The Morgan fingerprint density at radius 2 is 2.64 bits per heavy atom. The number of rotatable bonds is 1. The number of aromatic nitrogens is 2. The maximum absolute atomic E-state index is 5.47. The van der Waals surface area contributed by atoms with Crippen molar-refractivity contribution < 1.29 is 4.74 Å². The summed E-state index contributed by atoms with van der Waals surface area (Å²) in [6.07, 6.45) is 3.67. The van der Waals surface area contributed by atoms with Crippen LogP contribution < -0.4 is 5.32 Å². The molecule has 60 valence electrons. The van der Waals surface area contributed by atoms with Gasteiger partial charge in [-0.25, -0.2) is 4.98 Å². The van der Waals surface area contributed by atoms with Crippen LogP contribution in [0.25, 0.3) is 0 Å². The first-order valence-electron chi connectivity index (χ1n) is 3.78. The van der Waals surface area contributed by atoms with Crippen molar-refractivity contribution in [2.45, 2.75) is 6.10 Å². The van der Waals surface area contributed by atoms with Crippen molar-refractivity contribution in [2.75, 3.05) is 19.7 Å². The molecule has 11 heavy (non-hydrogen) atoms. The Morgan fingerprint density at radius 3 is 3.27 bits per heavy atom. The van der Waals surface area contributed by atoms with Gasteiger partial charge >= 0.3 is 0 Å². The number of morpholine rings is 1. The van der Waals surface area contributed by atoms with Crippen molar-refractivity contribution in [3.8, 4) is 0 Å². The van der Waals surface area contributed by atoms with Gasteiger partial charge in [0.2, 0.25) is 0 Å². The molecule has 4 heteroatoms. The molecule has 0 unspecified atom stereocenters. The summed E-state index contributed by atoms with van der Waals surface area (Å²) in [7, 11) is 0. The van der Waals surface area contributed by atoms with E-state index < -0.39 is 0 Å². The Balaban J connectivity index is 2.04. The molecule has 1 atom stereocenters. The van der Waals surface area contributed by atoms with Crippen LogP contribution in [0.1, 0.15) is 11.9 Å². The number of hydrogen-bond donors (Lipinski definition) is 2. The molecule has 0 radical (unpaired) electrons. The maximum atomic E-state index is 5.47. The molecule has 1 saturated heterocycles. The van der Waals surface area contributed by atoms with E-state index in [-0.39, 0.29) is 6.10 Å². The highest BCUT2D eigenvalue weighted by molar-refractivity contribution is 4.94. The molecule has 0 saturated carbocycles. The van der Waals surface area contributed by atoms with E-state index in [2.05, 4.69) is 15.3 Å². The minimum Gasteiger partial charge on any atom is -0.368 e. The van der Waals surface area contributed by atoms with Crippen LogP contribution in [0.5, 0.6) is 0 Å². The highest BCUT2D eigenvalue weighted by Crippen LogP contribution is 2.12. The van der Waals surface area contributed by atoms with E-state index in [1.807, 2.05) is 6.20 Å². The predicted molar refractivity (Wildman–Crippen MR) is 40.2 cm³/mol. The van der Waals surface area contributed by atoms with Gasteiger partial charge in [0.15, 0.2) is 0 Å². The molecule has 1 aromatic rings. The molecule has 4 nitrogen and oxygen atoms in total. The minimum atomic E-state index is 0.110. The number of H-pyrrole nitrogens is 1. The third kappa shape index (κ3) is 1.41. The van der Waals surface area contributed by atoms with Gasteiger partial charge in [0.25, 0.3) is 0 Å². The van der Waals surface area contributed by atoms with E-state index in [1.165, 1.54) is 0 Å². The molecule has 0 spiro atoms. The van der Waals surface area contributed by atoms with Gasteiger partial charge in [0.1, 0.15) is 11.9 Å². The lowest BCUT2D eigenvalue weighted by atomic mass is 10.3. The van der Waals surface area contributed by atoms with Crippen LogP contribution in [0, 0.1) is 0 Å². The zero-order valence-corrected chi connectivity index (χ0v) is 6.21. The van der Waals surface area contributed by atoms with Gasteiger partial charge in [-0.1, -0.05) is 0 Å². The third-order valence-corrected chi connectivity index (χ3v) is 1.75. The zero-order valence-electron chi connectivity index (χ0n) is 6.21. The van der Waals surface area contributed by atoms with E-state index in [0.29, 0.717) is 0 Å². The van der Waals surface area contributed by atoms with Crippen molar-refractivity contribution in [3.05, 3.63) is 18.2 Å². The smallest absolute Gasteiger partial charge is 0.136 e. The Labute approximate surface area is 65.0 Å². The minimum absolute atomic E-state index is 0.110. The van der Waals surface area contributed by atoms with Gasteiger partial charge in [-0.3, -0.25) is 0 Å². The SMILES string of the molecule is c1c[nH]c([C@@H]2CNCCO2)n1. The topological polar surface area (TPSA) is 49.9 Å². The van der Waals surface area contributed by atoms with Crippen molar-refractivity contribution in [3.63, 3.8) is 0 Å². The van der Waals surface area contributed by atoms with Crippen LogP contribution in [0.3, 0.4) is 0 Å². The predicted octanol–water partition coefficient (Wildman–Crippen LogP) is 0.0706. The first kappa shape index (κ1) is 6.82. The summed E-state index contributed by atoms with van der Waals surface area (Å²) in [6.45, 7) is 2.57. The fourth-order valence-corrected chi connectivity index (χ4v) is 1.19. The first-order valence-corrected chi connectivity index (χ1v) is 3.78. The highest BCUT2D eigenvalue weighted by Gasteiger charge is 2.16. The molecular weight excluding hydrogens is 142 g/mol. The van der Waals surface area contributed by atoms with Crippen molar-refractivity contribution >= 4 is 0 Å². The molecule has 0 aliphatic carbocycles. The van der Waals surface area contributed by atoms with Gasteiger partial charge < -0.3 is 15.0 Å². The number of nitrogens with zero attached hydrogens (tertiary/aromatic N) is 1. The average molecular weight is 153 g/mol. The molecule has 0 amide bonds. The summed E-state index contributed by atoms with van der Waals surface area (Å²) in [6, 6.07) is 0. The van der Waals surface area contributed by atoms with Gasteiger partial charge in [-0.15, -0.1) is 0 Å². The molecule has 2 rings (SSSR count). The number of nitrogens with one attached hydrogen (secondary N) is 2. The van der Waals surface area contributed by atoms with Gasteiger partial charge in [0.05, 0.1) is 6.61 Å². The highest BCUT2D eigenvalue weighted by atomic mass is 16.5. The van der Waals surface area contributed by atoms with Crippen molar-refractivity contribution in [1.82, 2.24) is 15.3 Å². The molecule has 2 N–H and O–H groups in total. The molecule has 0 aromatic carbocycles. The first-order chi connectivity index (χ1) is 5.47. The lowest BCUT2D eigenvalue weighted by Gasteiger charge is -2.21. The van der Waals surface area contributed by atoms with Crippen molar-refractivity contribution in [1.29, 1.82) is 0 Å². The molecule has 1 fully saturated rings. The summed E-state index contributed by atoms with van der Waals surface area (Å²) in [5, 5.41) is 3.24. The number of imidazole rings is 1. The fourth-order valence-electron chi connectivity index (χ4n) is 1.19. The summed E-state index contributed by atoms with van der Waals surface area (Å²) in [5.41, 5.74) is 0. The van der Waals surface area contributed by atoms with E-state index in [4.69, 9.17) is 4.74 Å².